The standard InChI is InChI=1S/C26H40O5/c1-15-20(29)21(30)31-26(15)13-12-24(4)17-6-7-18-22(2,16(17)8-11-25(24,26)5)10-9-19(28)23(18,3)14-27/h15,18-20,27-29H,6-14H2,1-5H3. The molecule has 4 aliphatic carbocycles. The highest BCUT2D eigenvalue weighted by atomic mass is 16.6. The molecule has 1 heterocycles. The van der Waals surface area contributed by atoms with E-state index in [1.165, 1.54) is 0 Å². The number of esters is 1. The topological polar surface area (TPSA) is 87.0 Å². The molecule has 5 rings (SSSR count). The zero-order valence-corrected chi connectivity index (χ0v) is 19.8. The van der Waals surface area contributed by atoms with Crippen LogP contribution < -0.4 is 0 Å². The van der Waals surface area contributed by atoms with E-state index in [1.807, 2.05) is 6.92 Å². The first kappa shape index (κ1) is 21.9. The molecule has 174 valence electrons. The molecule has 0 aromatic rings. The predicted molar refractivity (Wildman–Crippen MR) is 117 cm³/mol. The van der Waals surface area contributed by atoms with Crippen LogP contribution >= 0.6 is 0 Å². The van der Waals surface area contributed by atoms with Crippen LogP contribution in [0.3, 0.4) is 0 Å². The van der Waals surface area contributed by atoms with Gasteiger partial charge in [0.25, 0.3) is 0 Å². The summed E-state index contributed by atoms with van der Waals surface area (Å²) in [7, 11) is 0. The zero-order chi connectivity index (χ0) is 22.6. The third kappa shape index (κ3) is 2.26. The molecule has 5 aliphatic rings. The van der Waals surface area contributed by atoms with E-state index in [2.05, 4.69) is 27.7 Å². The molecule has 9 unspecified atom stereocenters. The second-order valence-electron chi connectivity index (χ2n) is 12.4. The van der Waals surface area contributed by atoms with E-state index in [4.69, 9.17) is 4.74 Å². The summed E-state index contributed by atoms with van der Waals surface area (Å²) in [6.07, 6.45) is 5.94. The summed E-state index contributed by atoms with van der Waals surface area (Å²) < 4.78 is 6.07. The number of allylic oxidation sites excluding steroid dienone is 2. The molecule has 1 spiro atoms. The maximum atomic E-state index is 12.4. The molecule has 31 heavy (non-hydrogen) atoms. The van der Waals surface area contributed by atoms with Crippen molar-refractivity contribution in [2.75, 3.05) is 6.61 Å². The Morgan fingerprint density at radius 2 is 1.68 bits per heavy atom. The Kier molecular flexibility index (Phi) is 4.49. The van der Waals surface area contributed by atoms with Crippen LogP contribution in [-0.4, -0.2) is 45.7 Å². The van der Waals surface area contributed by atoms with Crippen LogP contribution in [0.15, 0.2) is 11.1 Å². The van der Waals surface area contributed by atoms with Crippen LogP contribution in [0.5, 0.6) is 0 Å². The van der Waals surface area contributed by atoms with Gasteiger partial charge in [0.15, 0.2) is 6.10 Å². The Morgan fingerprint density at radius 3 is 2.29 bits per heavy atom. The Morgan fingerprint density at radius 1 is 0.968 bits per heavy atom. The van der Waals surface area contributed by atoms with Gasteiger partial charge >= 0.3 is 5.97 Å². The highest BCUT2D eigenvalue weighted by Crippen LogP contribution is 2.74. The van der Waals surface area contributed by atoms with Crippen LogP contribution in [0.4, 0.5) is 0 Å². The Labute approximate surface area is 186 Å². The van der Waals surface area contributed by atoms with Gasteiger partial charge in [-0.1, -0.05) is 45.8 Å². The van der Waals surface area contributed by atoms with Crippen LogP contribution in [-0.2, 0) is 9.53 Å². The molecule has 5 heteroatoms. The molecule has 0 radical (unpaired) electrons. The number of carbonyl (C=O) groups excluding carboxylic acids is 1. The SMILES string of the molecule is CC1C(O)C(=O)OC12CCC1(C)C3=C(CCC12C)C1(C)CCC(O)C(C)(CO)C1CC3. The van der Waals surface area contributed by atoms with Gasteiger partial charge in [0.2, 0.25) is 0 Å². The summed E-state index contributed by atoms with van der Waals surface area (Å²) in [5.41, 5.74) is 1.83. The normalized spacial score (nSPS) is 56.3. The van der Waals surface area contributed by atoms with Crippen molar-refractivity contribution >= 4 is 5.97 Å². The summed E-state index contributed by atoms with van der Waals surface area (Å²) in [6.45, 7) is 11.2. The van der Waals surface area contributed by atoms with Gasteiger partial charge in [-0.25, -0.2) is 4.79 Å². The average Bonchev–Trinajstić information content (AvgIpc) is 3.11. The van der Waals surface area contributed by atoms with Crippen molar-refractivity contribution in [3.05, 3.63) is 11.1 Å². The molecule has 3 N–H and O–H groups in total. The number of fused-ring (bicyclic) bond motifs is 5. The Hall–Kier alpha value is -0.910. The van der Waals surface area contributed by atoms with E-state index in [9.17, 15) is 20.1 Å². The maximum absolute atomic E-state index is 12.4. The maximum Gasteiger partial charge on any atom is 0.335 e. The fourth-order valence-electron chi connectivity index (χ4n) is 9.44. The molecule has 0 aromatic carbocycles. The highest BCUT2D eigenvalue weighted by Gasteiger charge is 2.73. The molecular formula is C26H40O5. The van der Waals surface area contributed by atoms with E-state index < -0.39 is 29.2 Å². The number of ether oxygens (including phenoxy) is 1. The van der Waals surface area contributed by atoms with Crippen molar-refractivity contribution in [3.8, 4) is 0 Å². The second kappa shape index (κ2) is 6.36. The Bertz CT molecular complexity index is 851. The fourth-order valence-corrected chi connectivity index (χ4v) is 9.44. The third-order valence-electron chi connectivity index (χ3n) is 11.8. The first-order valence-electron chi connectivity index (χ1n) is 12.3. The van der Waals surface area contributed by atoms with Crippen LogP contribution in [0.2, 0.25) is 0 Å². The van der Waals surface area contributed by atoms with E-state index in [0.717, 1.165) is 51.4 Å². The number of hydrogen-bond acceptors (Lipinski definition) is 5. The summed E-state index contributed by atoms with van der Waals surface area (Å²) in [5, 5.41) is 31.6. The van der Waals surface area contributed by atoms with Gasteiger partial charge < -0.3 is 20.1 Å². The number of aliphatic hydroxyl groups excluding tert-OH is 3. The van der Waals surface area contributed by atoms with Gasteiger partial charge in [0.05, 0.1) is 12.7 Å². The van der Waals surface area contributed by atoms with Crippen LogP contribution in [0.1, 0.15) is 86.0 Å². The molecule has 3 fully saturated rings. The minimum absolute atomic E-state index is 0.00185. The van der Waals surface area contributed by atoms with Crippen molar-refractivity contribution in [1.29, 1.82) is 0 Å². The van der Waals surface area contributed by atoms with Crippen molar-refractivity contribution in [3.63, 3.8) is 0 Å². The summed E-state index contributed by atoms with van der Waals surface area (Å²) in [6, 6.07) is 0. The van der Waals surface area contributed by atoms with E-state index in [-0.39, 0.29) is 34.7 Å². The molecule has 9 atom stereocenters. The monoisotopic (exact) mass is 432 g/mol. The first-order chi connectivity index (χ1) is 14.4. The summed E-state index contributed by atoms with van der Waals surface area (Å²) in [4.78, 5) is 12.4. The predicted octanol–water partition coefficient (Wildman–Crippen LogP) is 3.75. The second-order valence-corrected chi connectivity index (χ2v) is 12.4. The van der Waals surface area contributed by atoms with E-state index >= 15 is 0 Å². The molecule has 0 aromatic heterocycles. The number of rotatable bonds is 1. The number of carbonyl (C=O) groups is 1. The lowest BCUT2D eigenvalue weighted by Gasteiger charge is -2.63. The lowest BCUT2D eigenvalue weighted by Crippen LogP contribution is -2.59. The van der Waals surface area contributed by atoms with Crippen molar-refractivity contribution in [2.24, 2.45) is 33.5 Å². The van der Waals surface area contributed by atoms with Crippen molar-refractivity contribution in [2.45, 2.75) is 104 Å². The van der Waals surface area contributed by atoms with Crippen LogP contribution in [0, 0.1) is 33.5 Å². The van der Waals surface area contributed by atoms with Gasteiger partial charge in [-0.15, -0.1) is 0 Å². The van der Waals surface area contributed by atoms with Gasteiger partial charge in [0, 0.05) is 16.7 Å². The third-order valence-corrected chi connectivity index (χ3v) is 11.8. The van der Waals surface area contributed by atoms with Gasteiger partial charge in [0.1, 0.15) is 5.60 Å². The zero-order valence-electron chi connectivity index (χ0n) is 19.8. The smallest absolute Gasteiger partial charge is 0.335 e. The average molecular weight is 433 g/mol. The van der Waals surface area contributed by atoms with Gasteiger partial charge in [-0.2, -0.15) is 0 Å². The molecule has 1 saturated heterocycles. The molecule has 0 bridgehead atoms. The van der Waals surface area contributed by atoms with E-state index in [0.29, 0.717) is 0 Å². The molecular weight excluding hydrogens is 392 g/mol. The number of aliphatic hydroxyl groups is 3. The van der Waals surface area contributed by atoms with E-state index in [1.54, 1.807) is 11.1 Å². The minimum Gasteiger partial charge on any atom is -0.456 e. The largest absolute Gasteiger partial charge is 0.456 e. The first-order valence-corrected chi connectivity index (χ1v) is 12.3. The lowest BCUT2D eigenvalue weighted by atomic mass is 9.42. The van der Waals surface area contributed by atoms with Crippen molar-refractivity contribution in [1.82, 2.24) is 0 Å². The molecule has 2 saturated carbocycles. The summed E-state index contributed by atoms with van der Waals surface area (Å²) in [5.74, 6) is -0.363. The van der Waals surface area contributed by atoms with Gasteiger partial charge in [-0.05, 0) is 68.1 Å². The number of hydrogen-bond donors (Lipinski definition) is 3. The quantitative estimate of drug-likeness (QED) is 0.434. The molecule has 1 aliphatic heterocycles. The molecule has 0 amide bonds. The highest BCUT2D eigenvalue weighted by molar-refractivity contribution is 5.78. The minimum atomic E-state index is -1.02. The summed E-state index contributed by atoms with van der Waals surface area (Å²) >= 11 is 0. The Balaban J connectivity index is 1.61. The lowest BCUT2D eigenvalue weighted by molar-refractivity contribution is -0.169. The van der Waals surface area contributed by atoms with Gasteiger partial charge in [-0.3, -0.25) is 0 Å². The molecule has 5 nitrogen and oxygen atoms in total. The van der Waals surface area contributed by atoms with Crippen molar-refractivity contribution < 1.29 is 24.9 Å². The van der Waals surface area contributed by atoms with Crippen LogP contribution in [0.25, 0.3) is 0 Å². The fraction of sp³-hybridized carbons (Fsp3) is 0.885.